The molecule has 0 radical (unpaired) electrons. The van der Waals surface area contributed by atoms with Crippen LogP contribution in [-0.2, 0) is 10.2 Å². The number of aliphatic hydroxyl groups is 1. The molecule has 0 aliphatic carbocycles. The first-order valence-electron chi connectivity index (χ1n) is 5.62. The summed E-state index contributed by atoms with van der Waals surface area (Å²) in [6.45, 7) is 1.84. The number of nitrogens with one attached hydrogen (secondary N) is 1. The van der Waals surface area contributed by atoms with Crippen molar-refractivity contribution in [3.63, 3.8) is 0 Å². The largest absolute Gasteiger partial charge is 0.387 e. The van der Waals surface area contributed by atoms with Gasteiger partial charge in [0.25, 0.3) is 10.2 Å². The molecule has 0 bridgehead atoms. The molecule has 1 aromatic carbocycles. The predicted molar refractivity (Wildman–Crippen MR) is 76.6 cm³/mol. The fraction of sp³-hybridized carbons (Fsp3) is 0.455. The maximum atomic E-state index is 11.7. The summed E-state index contributed by atoms with van der Waals surface area (Å²) in [6.07, 6.45) is -1.11. The molecule has 0 aliphatic heterocycles. The molecule has 108 valence electrons. The highest BCUT2D eigenvalue weighted by molar-refractivity contribution is 7.87. The zero-order valence-corrected chi connectivity index (χ0v) is 12.9. The highest BCUT2D eigenvalue weighted by Crippen LogP contribution is 2.29. The van der Waals surface area contributed by atoms with E-state index in [1.807, 2.05) is 0 Å². The Morgan fingerprint density at radius 1 is 1.37 bits per heavy atom. The summed E-state index contributed by atoms with van der Waals surface area (Å²) in [5.74, 6) is 0. The molecule has 0 aliphatic rings. The lowest BCUT2D eigenvalue weighted by molar-refractivity contribution is 0.181. The highest BCUT2D eigenvalue weighted by Gasteiger charge is 2.20. The normalized spacial score (nSPS) is 13.8. The molecule has 0 saturated carbocycles. The van der Waals surface area contributed by atoms with Gasteiger partial charge >= 0.3 is 0 Å². The van der Waals surface area contributed by atoms with Gasteiger partial charge in [0.1, 0.15) is 0 Å². The van der Waals surface area contributed by atoms with E-state index < -0.39 is 16.3 Å². The van der Waals surface area contributed by atoms with E-state index in [0.717, 1.165) is 4.31 Å². The summed E-state index contributed by atoms with van der Waals surface area (Å²) in [4.78, 5) is 0. The SMILES string of the molecule is CCN(C)S(=O)(=O)NC[C@@H](O)c1c(Cl)cccc1Cl. The smallest absolute Gasteiger partial charge is 0.279 e. The van der Waals surface area contributed by atoms with Crippen LogP contribution in [0, 0.1) is 0 Å². The van der Waals surface area contributed by atoms with Crippen LogP contribution in [0.4, 0.5) is 0 Å². The van der Waals surface area contributed by atoms with E-state index in [4.69, 9.17) is 23.2 Å². The summed E-state index contributed by atoms with van der Waals surface area (Å²) in [5.41, 5.74) is 0.313. The number of hydrogen-bond acceptors (Lipinski definition) is 3. The van der Waals surface area contributed by atoms with Gasteiger partial charge in [-0.2, -0.15) is 17.4 Å². The van der Waals surface area contributed by atoms with Gasteiger partial charge < -0.3 is 5.11 Å². The second-order valence-electron chi connectivity index (χ2n) is 3.92. The maximum Gasteiger partial charge on any atom is 0.279 e. The van der Waals surface area contributed by atoms with E-state index in [2.05, 4.69) is 4.72 Å². The van der Waals surface area contributed by atoms with Crippen molar-refractivity contribution in [2.75, 3.05) is 20.1 Å². The molecular formula is C11H16Cl2N2O3S. The molecular weight excluding hydrogens is 311 g/mol. The Kier molecular flexibility index (Phi) is 6.04. The molecule has 0 saturated heterocycles. The van der Waals surface area contributed by atoms with Gasteiger partial charge in [0.05, 0.1) is 6.10 Å². The molecule has 1 aromatic rings. The minimum absolute atomic E-state index is 0.198. The van der Waals surface area contributed by atoms with Gasteiger partial charge in [-0.05, 0) is 12.1 Å². The molecule has 0 amide bonds. The van der Waals surface area contributed by atoms with Crippen LogP contribution >= 0.6 is 23.2 Å². The van der Waals surface area contributed by atoms with Gasteiger partial charge in [-0.3, -0.25) is 0 Å². The minimum Gasteiger partial charge on any atom is -0.387 e. The maximum absolute atomic E-state index is 11.7. The number of nitrogens with zero attached hydrogens (tertiary/aromatic N) is 1. The van der Waals surface area contributed by atoms with Crippen LogP contribution in [-0.4, -0.2) is 38.0 Å². The molecule has 0 fully saturated rings. The average molecular weight is 327 g/mol. The van der Waals surface area contributed by atoms with Crippen LogP contribution in [0.1, 0.15) is 18.6 Å². The van der Waals surface area contributed by atoms with Crippen molar-refractivity contribution in [2.24, 2.45) is 0 Å². The molecule has 2 N–H and O–H groups in total. The molecule has 1 atom stereocenters. The number of benzene rings is 1. The monoisotopic (exact) mass is 326 g/mol. The zero-order valence-electron chi connectivity index (χ0n) is 10.6. The van der Waals surface area contributed by atoms with Gasteiger partial charge in [0, 0.05) is 35.7 Å². The Morgan fingerprint density at radius 2 is 1.89 bits per heavy atom. The third kappa shape index (κ3) is 4.30. The molecule has 0 spiro atoms. The van der Waals surface area contributed by atoms with Crippen LogP contribution in [0.3, 0.4) is 0 Å². The summed E-state index contributed by atoms with van der Waals surface area (Å²) in [7, 11) is -2.16. The first-order chi connectivity index (χ1) is 8.79. The Labute approximate surface area is 123 Å². The van der Waals surface area contributed by atoms with Crippen molar-refractivity contribution in [3.8, 4) is 0 Å². The molecule has 0 heterocycles. The Morgan fingerprint density at radius 3 is 2.37 bits per heavy atom. The van der Waals surface area contributed by atoms with Crippen LogP contribution in [0.15, 0.2) is 18.2 Å². The van der Waals surface area contributed by atoms with Crippen LogP contribution in [0.25, 0.3) is 0 Å². The Bertz CT molecular complexity index is 516. The second kappa shape index (κ2) is 6.88. The Hall–Kier alpha value is -0.370. The Balaban J connectivity index is 2.79. The minimum atomic E-state index is -3.60. The molecule has 0 unspecified atom stereocenters. The number of aliphatic hydroxyl groups excluding tert-OH is 1. The molecule has 8 heteroatoms. The van der Waals surface area contributed by atoms with Crippen LogP contribution in [0.2, 0.25) is 10.0 Å². The summed E-state index contributed by atoms with van der Waals surface area (Å²) >= 11 is 11.9. The van der Waals surface area contributed by atoms with Crippen LogP contribution in [0.5, 0.6) is 0 Å². The van der Waals surface area contributed by atoms with Gasteiger partial charge in [0.15, 0.2) is 0 Å². The lowest BCUT2D eigenvalue weighted by Crippen LogP contribution is -2.39. The van der Waals surface area contributed by atoms with E-state index in [-0.39, 0.29) is 6.54 Å². The third-order valence-electron chi connectivity index (χ3n) is 2.65. The topological polar surface area (TPSA) is 69.6 Å². The van der Waals surface area contributed by atoms with E-state index in [9.17, 15) is 13.5 Å². The zero-order chi connectivity index (χ0) is 14.6. The standard InChI is InChI=1S/C11H16Cl2N2O3S/c1-3-15(2)19(17,18)14-7-10(16)11-8(12)5-4-6-9(11)13/h4-6,10,14,16H,3,7H2,1-2H3/t10-/m1/s1. The van der Waals surface area contributed by atoms with E-state index in [0.29, 0.717) is 22.2 Å². The second-order valence-corrected chi connectivity index (χ2v) is 6.60. The van der Waals surface area contributed by atoms with Gasteiger partial charge in [0.2, 0.25) is 0 Å². The molecule has 0 aromatic heterocycles. The highest BCUT2D eigenvalue weighted by atomic mass is 35.5. The van der Waals surface area contributed by atoms with E-state index >= 15 is 0 Å². The predicted octanol–water partition coefficient (Wildman–Crippen LogP) is 1.81. The van der Waals surface area contributed by atoms with Gasteiger partial charge in [-0.1, -0.05) is 36.2 Å². The molecule has 1 rings (SSSR count). The summed E-state index contributed by atoms with van der Waals surface area (Å²) in [6, 6.07) is 4.81. The summed E-state index contributed by atoms with van der Waals surface area (Å²) < 4.78 is 26.8. The lowest BCUT2D eigenvalue weighted by atomic mass is 10.1. The average Bonchev–Trinajstić information content (AvgIpc) is 2.35. The first-order valence-corrected chi connectivity index (χ1v) is 7.82. The van der Waals surface area contributed by atoms with Crippen molar-refractivity contribution < 1.29 is 13.5 Å². The fourth-order valence-corrected chi connectivity index (χ4v) is 2.97. The first kappa shape index (κ1) is 16.7. The fourth-order valence-electron chi connectivity index (χ4n) is 1.40. The van der Waals surface area contributed by atoms with Crippen molar-refractivity contribution in [1.82, 2.24) is 9.03 Å². The van der Waals surface area contributed by atoms with Gasteiger partial charge in [-0.25, -0.2) is 0 Å². The summed E-state index contributed by atoms with van der Waals surface area (Å²) in [5, 5.41) is 10.6. The van der Waals surface area contributed by atoms with Crippen molar-refractivity contribution in [1.29, 1.82) is 0 Å². The quantitative estimate of drug-likeness (QED) is 0.837. The van der Waals surface area contributed by atoms with E-state index in [1.54, 1.807) is 25.1 Å². The molecule has 5 nitrogen and oxygen atoms in total. The lowest BCUT2D eigenvalue weighted by Gasteiger charge is -2.19. The number of rotatable bonds is 6. The van der Waals surface area contributed by atoms with Crippen molar-refractivity contribution in [3.05, 3.63) is 33.8 Å². The van der Waals surface area contributed by atoms with Crippen molar-refractivity contribution in [2.45, 2.75) is 13.0 Å². The van der Waals surface area contributed by atoms with Gasteiger partial charge in [-0.15, -0.1) is 0 Å². The number of halogens is 2. The van der Waals surface area contributed by atoms with E-state index in [1.165, 1.54) is 7.05 Å². The third-order valence-corrected chi connectivity index (χ3v) is 4.92. The number of hydrogen-bond donors (Lipinski definition) is 2. The van der Waals surface area contributed by atoms with Crippen molar-refractivity contribution >= 4 is 33.4 Å². The molecule has 19 heavy (non-hydrogen) atoms. The van der Waals surface area contributed by atoms with Crippen LogP contribution < -0.4 is 4.72 Å².